The maximum Gasteiger partial charge on any atom is 0.410 e. The molecule has 31 heavy (non-hydrogen) atoms. The summed E-state index contributed by atoms with van der Waals surface area (Å²) >= 11 is 1.50. The van der Waals surface area contributed by atoms with Gasteiger partial charge in [-0.3, -0.25) is 9.69 Å². The zero-order valence-electron chi connectivity index (χ0n) is 18.9. The van der Waals surface area contributed by atoms with E-state index in [4.69, 9.17) is 4.74 Å². The first kappa shape index (κ1) is 23.5. The smallest absolute Gasteiger partial charge is 0.410 e. The van der Waals surface area contributed by atoms with Gasteiger partial charge < -0.3 is 20.1 Å². The highest BCUT2D eigenvalue weighted by molar-refractivity contribution is 7.16. The molecule has 0 spiro atoms. The van der Waals surface area contributed by atoms with Gasteiger partial charge in [0.05, 0.1) is 30.8 Å². The van der Waals surface area contributed by atoms with Crippen LogP contribution in [0.4, 0.5) is 9.80 Å². The minimum absolute atomic E-state index is 0.0493. The number of ether oxygens (including phenoxy) is 1. The second-order valence-electron chi connectivity index (χ2n) is 9.65. The molecule has 3 rings (SSSR count). The van der Waals surface area contributed by atoms with Gasteiger partial charge in [-0.25, -0.2) is 4.79 Å². The Morgan fingerprint density at radius 3 is 2.74 bits per heavy atom. The highest BCUT2D eigenvalue weighted by Crippen LogP contribution is 2.39. The van der Waals surface area contributed by atoms with Gasteiger partial charge in [-0.2, -0.15) is 5.26 Å². The lowest BCUT2D eigenvalue weighted by Crippen LogP contribution is -2.44. The second kappa shape index (κ2) is 9.15. The number of nitrogens with zero attached hydrogens (tertiary/aromatic N) is 3. The molecular formula is C22H32N4O4S. The number of aliphatic hydroxyl groups excluding tert-OH is 1. The number of carbonyl (C=O) groups excluding carboxylic acids is 2. The van der Waals surface area contributed by atoms with E-state index in [1.165, 1.54) is 21.1 Å². The lowest BCUT2D eigenvalue weighted by Gasteiger charge is -2.26. The number of carbonyl (C=O) groups is 2. The molecule has 1 aliphatic carbocycles. The largest absolute Gasteiger partial charge is 0.444 e. The number of nitrogens with one attached hydrogen (secondary N) is 1. The molecule has 2 amide bonds. The Hall–Kier alpha value is -2.15. The summed E-state index contributed by atoms with van der Waals surface area (Å²) < 4.78 is 5.38. The third-order valence-electron chi connectivity index (χ3n) is 5.75. The first-order valence-electron chi connectivity index (χ1n) is 10.7. The maximum absolute atomic E-state index is 12.7. The van der Waals surface area contributed by atoms with E-state index >= 15 is 0 Å². The van der Waals surface area contributed by atoms with Gasteiger partial charge in [0.15, 0.2) is 0 Å². The molecule has 170 valence electrons. The van der Waals surface area contributed by atoms with Gasteiger partial charge in [-0.1, -0.05) is 6.92 Å². The monoisotopic (exact) mass is 448 g/mol. The molecule has 1 aromatic rings. The molecule has 0 radical (unpaired) electrons. The summed E-state index contributed by atoms with van der Waals surface area (Å²) in [6.07, 6.45) is 1.64. The molecule has 0 saturated carbocycles. The van der Waals surface area contributed by atoms with E-state index in [1.807, 2.05) is 0 Å². The number of likely N-dealkylation sites (tertiary alicyclic amines) is 1. The molecule has 1 aromatic heterocycles. The Balaban J connectivity index is 1.60. The van der Waals surface area contributed by atoms with Crippen molar-refractivity contribution >= 4 is 28.3 Å². The van der Waals surface area contributed by atoms with Crippen LogP contribution >= 0.6 is 11.3 Å². The molecule has 3 atom stereocenters. The number of amides is 2. The van der Waals surface area contributed by atoms with Gasteiger partial charge in [0, 0.05) is 11.4 Å². The summed E-state index contributed by atoms with van der Waals surface area (Å²) in [6.45, 7) is 8.09. The number of fused-ring (bicyclic) bond motifs is 1. The Morgan fingerprint density at radius 1 is 1.39 bits per heavy atom. The number of β-amino-alcohol motifs (C(OH)–C–C–N with tert-alkyl or cyclic N) is 1. The summed E-state index contributed by atoms with van der Waals surface area (Å²) in [6, 6.07) is 1.89. The van der Waals surface area contributed by atoms with E-state index in [-0.39, 0.29) is 31.6 Å². The standard InChI is InChI=1S/C22H32N4O4S/c1-13-6-7-14-15(9-23)20(31-18(14)8-13)24-19(28)12-25(5)16-10-26(11-17(16)27)21(29)30-22(2,3)4/h13,16-17,27H,6-8,10-12H2,1-5H3,(H,24,28)/t13?,16-,17-/m0/s1. The van der Waals surface area contributed by atoms with Crippen molar-refractivity contribution in [3.05, 3.63) is 16.0 Å². The Morgan fingerprint density at radius 2 is 2.10 bits per heavy atom. The van der Waals surface area contributed by atoms with Crippen molar-refractivity contribution in [2.45, 2.75) is 64.7 Å². The zero-order chi connectivity index (χ0) is 22.9. The van der Waals surface area contributed by atoms with Gasteiger partial charge in [0.2, 0.25) is 5.91 Å². The van der Waals surface area contributed by atoms with Crippen LogP contribution in [0.15, 0.2) is 0 Å². The number of nitriles is 1. The van der Waals surface area contributed by atoms with E-state index in [2.05, 4.69) is 18.3 Å². The fraction of sp³-hybridized carbons (Fsp3) is 0.682. The van der Waals surface area contributed by atoms with Crippen molar-refractivity contribution in [1.29, 1.82) is 5.26 Å². The van der Waals surface area contributed by atoms with Crippen molar-refractivity contribution in [1.82, 2.24) is 9.80 Å². The molecule has 2 N–H and O–H groups in total. The molecule has 2 heterocycles. The predicted molar refractivity (Wildman–Crippen MR) is 119 cm³/mol. The van der Waals surface area contributed by atoms with Crippen LogP contribution in [0.25, 0.3) is 0 Å². The van der Waals surface area contributed by atoms with Crippen LogP contribution in [0, 0.1) is 17.2 Å². The SMILES string of the molecule is CC1CCc2c(sc(NC(=O)CN(C)[C@H]3CN(C(=O)OC(C)(C)C)C[C@@H]3O)c2C#N)C1. The molecule has 8 nitrogen and oxygen atoms in total. The summed E-state index contributed by atoms with van der Waals surface area (Å²) in [7, 11) is 1.75. The van der Waals surface area contributed by atoms with E-state index < -0.39 is 17.8 Å². The Kier molecular flexibility index (Phi) is 6.94. The number of hydrogen-bond acceptors (Lipinski definition) is 7. The highest BCUT2D eigenvalue weighted by atomic mass is 32.1. The molecule has 2 aliphatic rings. The minimum Gasteiger partial charge on any atom is -0.444 e. The van der Waals surface area contributed by atoms with E-state index in [9.17, 15) is 20.0 Å². The van der Waals surface area contributed by atoms with Crippen molar-refractivity contribution in [2.75, 3.05) is 32.0 Å². The number of aliphatic hydroxyl groups is 1. The third-order valence-corrected chi connectivity index (χ3v) is 6.92. The van der Waals surface area contributed by atoms with Crippen LogP contribution in [0.2, 0.25) is 0 Å². The lowest BCUT2D eigenvalue weighted by molar-refractivity contribution is -0.117. The summed E-state index contributed by atoms with van der Waals surface area (Å²) in [5.74, 6) is 0.345. The van der Waals surface area contributed by atoms with Crippen LogP contribution in [-0.2, 0) is 22.4 Å². The first-order valence-corrected chi connectivity index (χ1v) is 11.5. The average molecular weight is 449 g/mol. The first-order chi connectivity index (χ1) is 14.5. The number of anilines is 1. The van der Waals surface area contributed by atoms with Crippen molar-refractivity contribution in [2.24, 2.45) is 5.92 Å². The molecule has 9 heteroatoms. The molecule has 0 bridgehead atoms. The molecular weight excluding hydrogens is 416 g/mol. The normalized spacial score (nSPS) is 23.4. The van der Waals surface area contributed by atoms with Gasteiger partial charge in [0.1, 0.15) is 16.7 Å². The topological polar surface area (TPSA) is 106 Å². The molecule has 1 aliphatic heterocycles. The van der Waals surface area contributed by atoms with E-state index in [0.717, 1.165) is 24.8 Å². The maximum atomic E-state index is 12.7. The summed E-state index contributed by atoms with van der Waals surface area (Å²) in [5.41, 5.74) is 1.05. The summed E-state index contributed by atoms with van der Waals surface area (Å²) in [4.78, 5) is 29.4. The van der Waals surface area contributed by atoms with Crippen LogP contribution < -0.4 is 5.32 Å². The van der Waals surface area contributed by atoms with Crippen LogP contribution in [-0.4, -0.2) is 71.3 Å². The molecule has 1 saturated heterocycles. The van der Waals surface area contributed by atoms with Crippen molar-refractivity contribution in [3.63, 3.8) is 0 Å². The summed E-state index contributed by atoms with van der Waals surface area (Å²) in [5, 5.41) is 23.5. The molecule has 1 unspecified atom stereocenters. The predicted octanol–water partition coefficient (Wildman–Crippen LogP) is 2.60. The van der Waals surface area contributed by atoms with Crippen LogP contribution in [0.5, 0.6) is 0 Å². The fourth-order valence-corrected chi connectivity index (χ4v) is 5.52. The highest BCUT2D eigenvalue weighted by Gasteiger charge is 2.38. The molecule has 1 fully saturated rings. The van der Waals surface area contributed by atoms with Gasteiger partial charge in [-0.05, 0) is 58.6 Å². The van der Waals surface area contributed by atoms with Crippen LogP contribution in [0.1, 0.15) is 50.1 Å². The van der Waals surface area contributed by atoms with E-state index in [0.29, 0.717) is 16.5 Å². The number of hydrogen-bond donors (Lipinski definition) is 2. The number of likely N-dealkylation sites (N-methyl/N-ethyl adjacent to an activating group) is 1. The zero-order valence-corrected chi connectivity index (χ0v) is 19.7. The number of rotatable bonds is 4. The van der Waals surface area contributed by atoms with Gasteiger partial charge in [0.25, 0.3) is 0 Å². The Labute approximate surface area is 187 Å². The van der Waals surface area contributed by atoms with Gasteiger partial charge >= 0.3 is 6.09 Å². The Bertz CT molecular complexity index is 885. The lowest BCUT2D eigenvalue weighted by atomic mass is 9.89. The number of thiophene rings is 1. The fourth-order valence-electron chi connectivity index (χ4n) is 4.15. The average Bonchev–Trinajstić information content (AvgIpc) is 3.19. The second-order valence-corrected chi connectivity index (χ2v) is 10.8. The van der Waals surface area contributed by atoms with Crippen molar-refractivity contribution < 1.29 is 19.4 Å². The third kappa shape index (κ3) is 5.56. The van der Waals surface area contributed by atoms with Gasteiger partial charge in [-0.15, -0.1) is 11.3 Å². The van der Waals surface area contributed by atoms with Crippen molar-refractivity contribution in [3.8, 4) is 6.07 Å². The van der Waals surface area contributed by atoms with Crippen LogP contribution in [0.3, 0.4) is 0 Å². The molecule has 0 aromatic carbocycles. The quantitative estimate of drug-likeness (QED) is 0.733. The van der Waals surface area contributed by atoms with E-state index in [1.54, 1.807) is 32.7 Å². The minimum atomic E-state index is -0.768.